The number of hydrogen-bond acceptors (Lipinski definition) is 2. The highest BCUT2D eigenvalue weighted by Crippen LogP contribution is 2.40. The largest absolute Gasteiger partial charge is 0.351 e. The van der Waals surface area contributed by atoms with Crippen molar-refractivity contribution in [3.63, 3.8) is 0 Å². The molecule has 0 saturated heterocycles. The van der Waals surface area contributed by atoms with E-state index in [0.717, 1.165) is 15.9 Å². The number of thiazole rings is 1. The van der Waals surface area contributed by atoms with Crippen molar-refractivity contribution in [3.8, 4) is 11.3 Å². The van der Waals surface area contributed by atoms with E-state index in [0.29, 0.717) is 5.13 Å². The van der Waals surface area contributed by atoms with Gasteiger partial charge in [0.2, 0.25) is 5.69 Å². The zero-order chi connectivity index (χ0) is 19.3. The summed E-state index contributed by atoms with van der Waals surface area (Å²) in [5, 5.41) is 3.09. The maximum Gasteiger partial charge on any atom is 0.330 e. The van der Waals surface area contributed by atoms with Crippen molar-refractivity contribution in [1.82, 2.24) is 4.98 Å². The highest BCUT2D eigenvalue weighted by Gasteiger charge is 2.26. The fraction of sp³-hybridized carbons (Fsp3) is 0.261. The Balaban J connectivity index is 2.16. The second kappa shape index (κ2) is 6.14. The zero-order valence-electron chi connectivity index (χ0n) is 16.3. The Morgan fingerprint density at radius 1 is 1.11 bits per heavy atom. The Morgan fingerprint density at radius 2 is 1.81 bits per heavy atom. The van der Waals surface area contributed by atoms with Gasteiger partial charge in [-0.3, -0.25) is 0 Å². The van der Waals surface area contributed by atoms with E-state index >= 15 is 0 Å². The van der Waals surface area contributed by atoms with Crippen LogP contribution in [0, 0.1) is 13.5 Å². The van der Waals surface area contributed by atoms with E-state index in [4.69, 9.17) is 6.57 Å². The van der Waals surface area contributed by atoms with Crippen molar-refractivity contribution in [2.45, 2.75) is 33.1 Å². The first-order chi connectivity index (χ1) is 12.8. The highest BCUT2D eigenvalue weighted by molar-refractivity contribution is 7.22. The Labute approximate surface area is 163 Å². The van der Waals surface area contributed by atoms with Gasteiger partial charge in [0.25, 0.3) is 0 Å². The summed E-state index contributed by atoms with van der Waals surface area (Å²) in [5.74, 6) is 0. The van der Waals surface area contributed by atoms with Gasteiger partial charge in [-0.25, -0.2) is 0 Å². The molecule has 0 bridgehead atoms. The molecule has 2 aromatic heterocycles. The number of aryl methyl sites for hydroxylation is 2. The number of fused-ring (bicyclic) bond motifs is 2. The molecule has 0 saturated carbocycles. The Morgan fingerprint density at radius 3 is 2.48 bits per heavy atom. The van der Waals surface area contributed by atoms with Gasteiger partial charge in [0.05, 0.1) is 11.6 Å². The monoisotopic (exact) mass is 372 g/mol. The van der Waals surface area contributed by atoms with Crippen LogP contribution in [0.15, 0.2) is 42.6 Å². The van der Waals surface area contributed by atoms with Crippen LogP contribution in [0.2, 0.25) is 0 Å². The lowest BCUT2D eigenvalue weighted by Gasteiger charge is -2.23. The average Bonchev–Trinajstić information content (AvgIpc) is 3.05. The first-order valence-corrected chi connectivity index (χ1v) is 9.82. The lowest BCUT2D eigenvalue weighted by Crippen LogP contribution is -2.30. The summed E-state index contributed by atoms with van der Waals surface area (Å²) in [4.78, 5) is 8.02. The van der Waals surface area contributed by atoms with Gasteiger partial charge in [-0.05, 0) is 40.3 Å². The van der Waals surface area contributed by atoms with Crippen molar-refractivity contribution in [3.05, 3.63) is 65.1 Å². The molecular weight excluding hydrogens is 350 g/mol. The first-order valence-electron chi connectivity index (χ1n) is 9.01. The number of nitrogens with zero attached hydrogens (tertiary/aromatic N) is 3. The third kappa shape index (κ3) is 2.79. The topological polar surface area (TPSA) is 21.1 Å². The maximum absolute atomic E-state index is 7.34. The second-order valence-electron chi connectivity index (χ2n) is 7.99. The normalized spacial score (nSPS) is 11.9. The molecule has 4 rings (SSSR count). The molecule has 134 valence electrons. The van der Waals surface area contributed by atoms with Crippen molar-refractivity contribution >= 4 is 37.5 Å². The Hall–Kier alpha value is -2.77. The van der Waals surface area contributed by atoms with E-state index in [-0.39, 0.29) is 5.41 Å². The molecule has 0 atom stereocenters. The molecular formula is C23H22N3S+. The predicted molar refractivity (Wildman–Crippen MR) is 113 cm³/mol. The zero-order valence-corrected chi connectivity index (χ0v) is 17.1. The van der Waals surface area contributed by atoms with Gasteiger partial charge < -0.3 is 4.85 Å². The molecule has 27 heavy (non-hydrogen) atoms. The van der Waals surface area contributed by atoms with Crippen LogP contribution in [0.5, 0.6) is 0 Å². The van der Waals surface area contributed by atoms with Crippen molar-refractivity contribution in [2.24, 2.45) is 7.05 Å². The molecule has 0 spiro atoms. The summed E-state index contributed by atoms with van der Waals surface area (Å²) in [6, 6.07) is 13.0. The number of rotatable bonds is 1. The summed E-state index contributed by atoms with van der Waals surface area (Å²) in [6.45, 7) is 16.3. The maximum atomic E-state index is 7.34. The fourth-order valence-corrected chi connectivity index (χ4v) is 4.71. The number of pyridine rings is 1. The van der Waals surface area contributed by atoms with E-state index in [9.17, 15) is 0 Å². The van der Waals surface area contributed by atoms with Crippen LogP contribution < -0.4 is 4.57 Å². The molecule has 4 aromatic rings. The molecule has 0 radical (unpaired) electrons. The molecule has 0 aliphatic rings. The van der Waals surface area contributed by atoms with Gasteiger partial charge in [-0.1, -0.05) is 51.6 Å². The Bertz CT molecular complexity index is 1240. The minimum atomic E-state index is 0.0316. The SMILES string of the molecule is [C-]#[N+]c1nc2cc[n+](C)c(-c3cc(C(C)(C)C)c4ccccc4c3C)c2s1. The predicted octanol–water partition coefficient (Wildman–Crippen LogP) is 6.10. The van der Waals surface area contributed by atoms with E-state index in [2.05, 4.69) is 79.5 Å². The van der Waals surface area contributed by atoms with Gasteiger partial charge in [0.15, 0.2) is 11.7 Å². The van der Waals surface area contributed by atoms with Gasteiger partial charge in [0, 0.05) is 0 Å². The van der Waals surface area contributed by atoms with Gasteiger partial charge in [-0.2, -0.15) is 4.57 Å². The summed E-state index contributed by atoms with van der Waals surface area (Å²) in [5.41, 5.74) is 5.87. The summed E-state index contributed by atoms with van der Waals surface area (Å²) in [6.07, 6.45) is 2.04. The third-order valence-electron chi connectivity index (χ3n) is 5.14. The molecule has 0 fully saturated rings. The third-order valence-corrected chi connectivity index (χ3v) is 6.11. The van der Waals surface area contributed by atoms with Crippen molar-refractivity contribution < 1.29 is 4.57 Å². The number of benzene rings is 2. The van der Waals surface area contributed by atoms with Crippen LogP contribution in [-0.4, -0.2) is 4.98 Å². The van der Waals surface area contributed by atoms with Crippen LogP contribution in [0.1, 0.15) is 31.9 Å². The molecule has 4 heteroatoms. The van der Waals surface area contributed by atoms with Gasteiger partial charge >= 0.3 is 5.13 Å². The van der Waals surface area contributed by atoms with E-state index < -0.39 is 0 Å². The standard InChI is InChI=1S/C23H22N3S/c1-14-15-9-7-8-10-16(15)18(23(2,3)4)13-17(14)20-21-19(11-12-26(20)6)25-22(24-5)27-21/h7-13H,1-4,6H3/q+1. The average molecular weight is 373 g/mol. The molecule has 3 nitrogen and oxygen atoms in total. The minimum Gasteiger partial charge on any atom is -0.351 e. The lowest BCUT2D eigenvalue weighted by molar-refractivity contribution is -0.659. The molecule has 2 aromatic carbocycles. The van der Waals surface area contributed by atoms with E-state index in [1.165, 1.54) is 38.8 Å². The minimum absolute atomic E-state index is 0.0316. The van der Waals surface area contributed by atoms with Crippen molar-refractivity contribution in [1.29, 1.82) is 0 Å². The van der Waals surface area contributed by atoms with E-state index in [1.54, 1.807) is 0 Å². The fourth-order valence-electron chi connectivity index (χ4n) is 3.77. The summed E-state index contributed by atoms with van der Waals surface area (Å²) >= 11 is 1.47. The molecule has 0 amide bonds. The quantitative estimate of drug-likeness (QED) is 0.292. The smallest absolute Gasteiger partial charge is 0.330 e. The van der Waals surface area contributed by atoms with E-state index in [1.807, 2.05) is 12.3 Å². The summed E-state index contributed by atoms with van der Waals surface area (Å²) in [7, 11) is 2.07. The highest BCUT2D eigenvalue weighted by atomic mass is 32.1. The molecule has 0 aliphatic heterocycles. The molecule has 0 aliphatic carbocycles. The van der Waals surface area contributed by atoms with Crippen LogP contribution in [0.4, 0.5) is 5.13 Å². The molecule has 0 N–H and O–H groups in total. The van der Waals surface area contributed by atoms with Gasteiger partial charge in [-0.15, -0.1) is 16.3 Å². The second-order valence-corrected chi connectivity index (χ2v) is 8.97. The number of hydrogen-bond donors (Lipinski definition) is 0. The van der Waals surface area contributed by atoms with Gasteiger partial charge in [0.1, 0.15) is 11.7 Å². The molecule has 2 heterocycles. The van der Waals surface area contributed by atoms with Crippen LogP contribution in [0.3, 0.4) is 0 Å². The summed E-state index contributed by atoms with van der Waals surface area (Å²) < 4.78 is 3.22. The van der Waals surface area contributed by atoms with Crippen LogP contribution in [0.25, 0.3) is 37.1 Å². The molecule has 0 unspecified atom stereocenters. The van der Waals surface area contributed by atoms with Crippen LogP contribution >= 0.6 is 11.3 Å². The van der Waals surface area contributed by atoms with Crippen LogP contribution in [-0.2, 0) is 12.5 Å². The van der Waals surface area contributed by atoms with Crippen molar-refractivity contribution in [2.75, 3.05) is 0 Å². The number of aromatic nitrogens is 2. The Kier molecular flexibility index (Phi) is 4.01. The first kappa shape index (κ1) is 17.6. The lowest BCUT2D eigenvalue weighted by atomic mass is 9.80.